The van der Waals surface area contributed by atoms with E-state index in [4.69, 9.17) is 5.11 Å². The topological polar surface area (TPSA) is 95.5 Å². The molecule has 6 heteroatoms. The maximum Gasteiger partial charge on any atom is 0.303 e. The molecule has 0 radical (unpaired) electrons. The van der Waals surface area contributed by atoms with Crippen LogP contribution >= 0.6 is 0 Å². The van der Waals surface area contributed by atoms with E-state index in [9.17, 15) is 14.4 Å². The normalized spacial score (nSPS) is 10.0. The van der Waals surface area contributed by atoms with Crippen molar-refractivity contribution in [1.29, 1.82) is 0 Å². The second kappa shape index (κ2) is 7.92. The highest BCUT2D eigenvalue weighted by Crippen LogP contribution is 2.18. The van der Waals surface area contributed by atoms with Crippen molar-refractivity contribution < 1.29 is 19.5 Å². The van der Waals surface area contributed by atoms with E-state index in [1.54, 1.807) is 42.5 Å². The minimum atomic E-state index is -0.867. The Labute approximate surface area is 139 Å². The van der Waals surface area contributed by atoms with Gasteiger partial charge in [-0.15, -0.1) is 0 Å². The third-order valence-corrected chi connectivity index (χ3v) is 3.29. The molecule has 0 aliphatic carbocycles. The summed E-state index contributed by atoms with van der Waals surface area (Å²) in [5, 5.41) is 14.1. The molecule has 0 bridgehead atoms. The van der Waals surface area contributed by atoms with Crippen LogP contribution in [-0.2, 0) is 16.0 Å². The second-order valence-corrected chi connectivity index (χ2v) is 5.28. The Bertz CT molecular complexity index is 771. The average Bonchev–Trinajstić information content (AvgIpc) is 2.53. The molecule has 2 aromatic rings. The molecule has 2 aromatic carbocycles. The van der Waals surface area contributed by atoms with Gasteiger partial charge in [0.25, 0.3) is 5.91 Å². The third kappa shape index (κ3) is 4.95. The molecule has 2 rings (SSSR count). The van der Waals surface area contributed by atoms with Crippen LogP contribution in [0.15, 0.2) is 48.5 Å². The molecular formula is C18H18N2O4. The Hall–Kier alpha value is -3.15. The van der Waals surface area contributed by atoms with Gasteiger partial charge >= 0.3 is 5.97 Å². The fourth-order valence-corrected chi connectivity index (χ4v) is 2.23. The van der Waals surface area contributed by atoms with Gasteiger partial charge in [0.1, 0.15) is 0 Å². The number of hydrogen-bond donors (Lipinski definition) is 3. The van der Waals surface area contributed by atoms with Gasteiger partial charge in [-0.2, -0.15) is 0 Å². The number of aryl methyl sites for hydroxylation is 1. The quantitative estimate of drug-likeness (QED) is 0.760. The summed E-state index contributed by atoms with van der Waals surface area (Å²) < 4.78 is 0. The van der Waals surface area contributed by atoms with Gasteiger partial charge in [0, 0.05) is 19.0 Å². The molecule has 2 amide bonds. The molecule has 0 saturated heterocycles. The molecule has 0 aromatic heterocycles. The Morgan fingerprint density at radius 1 is 1.00 bits per heavy atom. The SMILES string of the molecule is CC(=O)Nc1ccccc1C(=O)Nc1cccc(CCC(=O)O)c1. The van der Waals surface area contributed by atoms with Gasteiger partial charge < -0.3 is 15.7 Å². The number of benzene rings is 2. The summed E-state index contributed by atoms with van der Waals surface area (Å²) in [7, 11) is 0. The number of para-hydroxylation sites is 1. The van der Waals surface area contributed by atoms with Gasteiger partial charge in [0.05, 0.1) is 11.3 Å². The summed E-state index contributed by atoms with van der Waals surface area (Å²) in [5.74, 6) is -1.48. The fourth-order valence-electron chi connectivity index (χ4n) is 2.23. The number of nitrogens with one attached hydrogen (secondary N) is 2. The minimum absolute atomic E-state index is 0.0305. The van der Waals surface area contributed by atoms with E-state index in [1.165, 1.54) is 6.92 Å². The van der Waals surface area contributed by atoms with Crippen LogP contribution in [-0.4, -0.2) is 22.9 Å². The summed E-state index contributed by atoms with van der Waals surface area (Å²) in [4.78, 5) is 34.3. The molecule has 0 spiro atoms. The molecule has 3 N–H and O–H groups in total. The molecule has 0 unspecified atom stereocenters. The van der Waals surface area contributed by atoms with E-state index < -0.39 is 5.97 Å². The number of carbonyl (C=O) groups is 3. The molecule has 24 heavy (non-hydrogen) atoms. The third-order valence-electron chi connectivity index (χ3n) is 3.29. The molecule has 124 valence electrons. The zero-order valence-electron chi connectivity index (χ0n) is 13.2. The monoisotopic (exact) mass is 326 g/mol. The summed E-state index contributed by atoms with van der Waals surface area (Å²) in [5.41, 5.74) is 2.18. The van der Waals surface area contributed by atoms with E-state index in [0.29, 0.717) is 23.4 Å². The molecule has 0 aliphatic heterocycles. The largest absolute Gasteiger partial charge is 0.481 e. The number of carbonyl (C=O) groups excluding carboxylic acids is 2. The average molecular weight is 326 g/mol. The second-order valence-electron chi connectivity index (χ2n) is 5.28. The van der Waals surface area contributed by atoms with Crippen molar-refractivity contribution in [1.82, 2.24) is 0 Å². The van der Waals surface area contributed by atoms with Crippen molar-refractivity contribution in [2.45, 2.75) is 19.8 Å². The first-order valence-corrected chi connectivity index (χ1v) is 7.44. The molecule has 0 atom stereocenters. The van der Waals surface area contributed by atoms with Gasteiger partial charge in [-0.05, 0) is 36.2 Å². The lowest BCUT2D eigenvalue weighted by atomic mass is 10.1. The predicted octanol–water partition coefficient (Wildman–Crippen LogP) is 2.91. The van der Waals surface area contributed by atoms with Crippen LogP contribution in [0.2, 0.25) is 0 Å². The van der Waals surface area contributed by atoms with Gasteiger partial charge in [-0.1, -0.05) is 24.3 Å². The molecule has 0 fully saturated rings. The first-order chi connectivity index (χ1) is 11.5. The van der Waals surface area contributed by atoms with E-state index in [-0.39, 0.29) is 18.2 Å². The first kappa shape index (κ1) is 17.2. The Morgan fingerprint density at radius 3 is 2.46 bits per heavy atom. The molecule has 0 heterocycles. The number of rotatable bonds is 6. The predicted molar refractivity (Wildman–Crippen MR) is 91.1 cm³/mol. The van der Waals surface area contributed by atoms with E-state index in [1.807, 2.05) is 6.07 Å². The number of aliphatic carboxylic acids is 1. The lowest BCUT2D eigenvalue weighted by Crippen LogP contribution is -2.16. The van der Waals surface area contributed by atoms with E-state index in [0.717, 1.165) is 5.56 Å². The molecule has 0 aliphatic rings. The zero-order chi connectivity index (χ0) is 17.5. The lowest BCUT2D eigenvalue weighted by molar-refractivity contribution is -0.137. The summed E-state index contributed by atoms with van der Waals surface area (Å²) in [6, 6.07) is 13.7. The number of carboxylic acids is 1. The van der Waals surface area contributed by atoms with E-state index in [2.05, 4.69) is 10.6 Å². The standard InChI is InChI=1S/C18H18N2O4/c1-12(21)19-16-8-3-2-7-15(16)18(24)20-14-6-4-5-13(11-14)9-10-17(22)23/h2-8,11H,9-10H2,1H3,(H,19,21)(H,20,24)(H,22,23). The van der Waals surface area contributed by atoms with Crippen LogP contribution in [0.4, 0.5) is 11.4 Å². The van der Waals surface area contributed by atoms with Crippen LogP contribution in [0.1, 0.15) is 29.3 Å². The fraction of sp³-hybridized carbons (Fsp3) is 0.167. The summed E-state index contributed by atoms with van der Waals surface area (Å²) in [6.07, 6.45) is 0.421. The smallest absolute Gasteiger partial charge is 0.303 e. The van der Waals surface area contributed by atoms with Gasteiger partial charge in [0.2, 0.25) is 5.91 Å². The van der Waals surface area contributed by atoms with Crippen molar-refractivity contribution in [2.75, 3.05) is 10.6 Å². The van der Waals surface area contributed by atoms with E-state index >= 15 is 0 Å². The first-order valence-electron chi connectivity index (χ1n) is 7.44. The van der Waals surface area contributed by atoms with Crippen LogP contribution in [0.5, 0.6) is 0 Å². The maximum atomic E-state index is 12.4. The number of anilines is 2. The minimum Gasteiger partial charge on any atom is -0.481 e. The molecule has 0 saturated carbocycles. The highest BCUT2D eigenvalue weighted by molar-refractivity contribution is 6.09. The number of amides is 2. The van der Waals surface area contributed by atoms with Gasteiger partial charge in [0.15, 0.2) is 0 Å². The zero-order valence-corrected chi connectivity index (χ0v) is 13.2. The molecular weight excluding hydrogens is 308 g/mol. The Kier molecular flexibility index (Phi) is 5.68. The van der Waals surface area contributed by atoms with Crippen LogP contribution in [0, 0.1) is 0 Å². The van der Waals surface area contributed by atoms with Crippen molar-refractivity contribution in [3.8, 4) is 0 Å². The van der Waals surface area contributed by atoms with Crippen molar-refractivity contribution in [3.63, 3.8) is 0 Å². The maximum absolute atomic E-state index is 12.4. The van der Waals surface area contributed by atoms with Gasteiger partial charge in [-0.3, -0.25) is 14.4 Å². The van der Waals surface area contributed by atoms with Crippen LogP contribution in [0.3, 0.4) is 0 Å². The summed E-state index contributed by atoms with van der Waals surface area (Å²) in [6.45, 7) is 1.38. The number of hydrogen-bond acceptors (Lipinski definition) is 3. The highest BCUT2D eigenvalue weighted by atomic mass is 16.4. The lowest BCUT2D eigenvalue weighted by Gasteiger charge is -2.11. The van der Waals surface area contributed by atoms with Crippen LogP contribution < -0.4 is 10.6 Å². The van der Waals surface area contributed by atoms with Gasteiger partial charge in [-0.25, -0.2) is 0 Å². The van der Waals surface area contributed by atoms with Crippen molar-refractivity contribution in [2.24, 2.45) is 0 Å². The summed E-state index contributed by atoms with van der Waals surface area (Å²) >= 11 is 0. The Morgan fingerprint density at radius 2 is 1.75 bits per heavy atom. The van der Waals surface area contributed by atoms with Crippen molar-refractivity contribution in [3.05, 3.63) is 59.7 Å². The number of carboxylic acid groups (broad SMARTS) is 1. The molecule has 6 nitrogen and oxygen atoms in total. The van der Waals surface area contributed by atoms with Crippen molar-refractivity contribution >= 4 is 29.2 Å². The van der Waals surface area contributed by atoms with Crippen LogP contribution in [0.25, 0.3) is 0 Å². The highest BCUT2D eigenvalue weighted by Gasteiger charge is 2.12. The Balaban J connectivity index is 2.14.